The second-order valence-corrected chi connectivity index (χ2v) is 8.95. The predicted octanol–water partition coefficient (Wildman–Crippen LogP) is 8.73. The Bertz CT molecular complexity index is 1900. The fourth-order valence-corrected chi connectivity index (χ4v) is 5.31. The molecule has 0 bridgehead atoms. The summed E-state index contributed by atoms with van der Waals surface area (Å²) in [5, 5.41) is 19.2. The molecule has 0 saturated carbocycles. The van der Waals surface area contributed by atoms with E-state index in [2.05, 4.69) is 78.9 Å². The van der Waals surface area contributed by atoms with E-state index < -0.39 is 0 Å². The summed E-state index contributed by atoms with van der Waals surface area (Å²) in [6.07, 6.45) is 0. The predicted molar refractivity (Wildman–Crippen MR) is 147 cm³/mol. The minimum Gasteiger partial charge on any atom is -0.507 e. The number of benzene rings is 6. The molecule has 1 N–H and O–H groups in total. The van der Waals surface area contributed by atoms with E-state index in [1.165, 1.54) is 26.9 Å². The average molecular weight is 448 g/mol. The molecule has 0 saturated heterocycles. The van der Waals surface area contributed by atoms with Crippen molar-refractivity contribution in [3.05, 3.63) is 121 Å². The van der Waals surface area contributed by atoms with Gasteiger partial charge in [-0.3, -0.25) is 0 Å². The largest absolute Gasteiger partial charge is 0.507 e. The van der Waals surface area contributed by atoms with Crippen LogP contribution < -0.4 is 0 Å². The molecule has 0 radical (unpaired) electrons. The Morgan fingerprint density at radius 3 is 1.97 bits per heavy atom. The highest BCUT2D eigenvalue weighted by molar-refractivity contribution is 6.29. The van der Waals surface area contributed by atoms with Crippen molar-refractivity contribution in [1.82, 2.24) is 4.98 Å². The highest BCUT2D eigenvalue weighted by Crippen LogP contribution is 2.43. The zero-order valence-corrected chi connectivity index (χ0v) is 18.9. The van der Waals surface area contributed by atoms with E-state index in [4.69, 9.17) is 4.98 Å². The molecule has 0 fully saturated rings. The first-order valence-corrected chi connectivity index (χ1v) is 11.8. The van der Waals surface area contributed by atoms with Gasteiger partial charge in [0.25, 0.3) is 0 Å². The lowest BCUT2D eigenvalue weighted by Gasteiger charge is -2.16. The fraction of sp³-hybridized carbons (Fsp3) is 0. The van der Waals surface area contributed by atoms with Crippen molar-refractivity contribution in [2.75, 3.05) is 0 Å². The molecule has 1 aromatic heterocycles. The van der Waals surface area contributed by atoms with Crippen LogP contribution in [0.1, 0.15) is 0 Å². The molecule has 0 atom stereocenters. The first-order chi connectivity index (χ1) is 17.3. The van der Waals surface area contributed by atoms with Crippen molar-refractivity contribution < 1.29 is 5.11 Å². The van der Waals surface area contributed by atoms with Crippen molar-refractivity contribution in [2.24, 2.45) is 0 Å². The van der Waals surface area contributed by atoms with Crippen LogP contribution in [0.5, 0.6) is 5.75 Å². The number of pyridine rings is 1. The number of para-hydroxylation sites is 1. The first-order valence-electron chi connectivity index (χ1n) is 11.8. The zero-order valence-electron chi connectivity index (χ0n) is 18.9. The van der Waals surface area contributed by atoms with Crippen LogP contribution in [0.3, 0.4) is 0 Å². The summed E-state index contributed by atoms with van der Waals surface area (Å²) in [6, 6.07) is 41.5. The van der Waals surface area contributed by atoms with E-state index in [1.54, 1.807) is 6.07 Å². The van der Waals surface area contributed by atoms with Crippen LogP contribution in [0, 0.1) is 0 Å². The summed E-state index contributed by atoms with van der Waals surface area (Å²) in [5.41, 5.74) is 4.65. The van der Waals surface area contributed by atoms with Crippen LogP contribution in [0.4, 0.5) is 0 Å². The van der Waals surface area contributed by atoms with Crippen LogP contribution in [0.2, 0.25) is 0 Å². The monoisotopic (exact) mass is 447 g/mol. The first kappa shape index (κ1) is 19.7. The third-order valence-corrected chi connectivity index (χ3v) is 6.92. The number of aromatic hydroxyl groups is 1. The summed E-state index contributed by atoms with van der Waals surface area (Å²) in [6.45, 7) is 0. The summed E-state index contributed by atoms with van der Waals surface area (Å²) >= 11 is 0. The van der Waals surface area contributed by atoms with E-state index in [0.29, 0.717) is 0 Å². The number of rotatable bonds is 2. The highest BCUT2D eigenvalue weighted by atomic mass is 16.3. The van der Waals surface area contributed by atoms with E-state index >= 15 is 0 Å². The van der Waals surface area contributed by atoms with Gasteiger partial charge in [-0.1, -0.05) is 103 Å². The van der Waals surface area contributed by atoms with E-state index in [0.717, 1.165) is 38.7 Å². The second-order valence-electron chi connectivity index (χ2n) is 8.95. The van der Waals surface area contributed by atoms with Crippen LogP contribution in [-0.2, 0) is 0 Å². The quantitative estimate of drug-likeness (QED) is 0.269. The van der Waals surface area contributed by atoms with Crippen LogP contribution in [0.15, 0.2) is 121 Å². The molecule has 7 aromatic rings. The van der Waals surface area contributed by atoms with Crippen LogP contribution in [0.25, 0.3) is 65.6 Å². The van der Waals surface area contributed by atoms with Gasteiger partial charge in [0.1, 0.15) is 5.75 Å². The highest BCUT2D eigenvalue weighted by Gasteiger charge is 2.17. The summed E-state index contributed by atoms with van der Waals surface area (Å²) in [5.74, 6) is 0.265. The van der Waals surface area contributed by atoms with Gasteiger partial charge in [-0.25, -0.2) is 4.98 Å². The van der Waals surface area contributed by atoms with Gasteiger partial charge in [0.05, 0.1) is 11.2 Å². The standard InChI is InChI=1S/C33H21NO/c35-30-13-7-6-12-26(30)27-20-29(22-9-2-1-3-10-22)34-28-19-18-24-17-16-23-15-14-21-8-4-5-11-25(21)31(23)32(24)33(27)28/h1-20,35H. The summed E-state index contributed by atoms with van der Waals surface area (Å²) in [4.78, 5) is 5.12. The molecule has 0 aliphatic carbocycles. The molecule has 164 valence electrons. The Morgan fingerprint density at radius 1 is 0.486 bits per heavy atom. The van der Waals surface area contributed by atoms with Crippen molar-refractivity contribution in [3.8, 4) is 28.1 Å². The number of nitrogens with zero attached hydrogens (tertiary/aromatic N) is 1. The van der Waals surface area contributed by atoms with E-state index in [-0.39, 0.29) is 5.75 Å². The van der Waals surface area contributed by atoms with Crippen molar-refractivity contribution in [2.45, 2.75) is 0 Å². The van der Waals surface area contributed by atoms with E-state index in [1.807, 2.05) is 36.4 Å². The van der Waals surface area contributed by atoms with E-state index in [9.17, 15) is 5.11 Å². The lowest BCUT2D eigenvalue weighted by atomic mass is 9.90. The van der Waals surface area contributed by atoms with Gasteiger partial charge >= 0.3 is 0 Å². The maximum Gasteiger partial charge on any atom is 0.123 e. The third-order valence-electron chi connectivity index (χ3n) is 6.92. The molecule has 0 amide bonds. The summed E-state index contributed by atoms with van der Waals surface area (Å²) < 4.78 is 0. The number of hydrogen-bond acceptors (Lipinski definition) is 2. The maximum absolute atomic E-state index is 10.9. The van der Waals surface area contributed by atoms with Gasteiger partial charge in [-0.05, 0) is 50.7 Å². The van der Waals surface area contributed by atoms with Gasteiger partial charge in [0.15, 0.2) is 0 Å². The lowest BCUT2D eigenvalue weighted by Crippen LogP contribution is -1.92. The zero-order chi connectivity index (χ0) is 23.4. The van der Waals surface area contributed by atoms with Gasteiger partial charge in [-0.15, -0.1) is 0 Å². The SMILES string of the molecule is Oc1ccccc1-c1cc(-c2ccccc2)nc2ccc3ccc4ccc5ccccc5c4c3c12. The minimum absolute atomic E-state index is 0.265. The average Bonchev–Trinajstić information content (AvgIpc) is 2.92. The van der Waals surface area contributed by atoms with Gasteiger partial charge in [0, 0.05) is 21.9 Å². The van der Waals surface area contributed by atoms with Gasteiger partial charge in [0.2, 0.25) is 0 Å². The van der Waals surface area contributed by atoms with Gasteiger partial charge in [-0.2, -0.15) is 0 Å². The Kier molecular flexibility index (Phi) is 4.33. The summed E-state index contributed by atoms with van der Waals surface area (Å²) in [7, 11) is 0. The van der Waals surface area contributed by atoms with Crippen LogP contribution >= 0.6 is 0 Å². The molecule has 2 nitrogen and oxygen atoms in total. The molecule has 35 heavy (non-hydrogen) atoms. The topological polar surface area (TPSA) is 33.1 Å². The maximum atomic E-state index is 10.9. The Balaban J connectivity index is 1.73. The Hall–Kier alpha value is -4.69. The lowest BCUT2D eigenvalue weighted by molar-refractivity contribution is 0.477. The molecule has 0 aliphatic heterocycles. The Labute approximate surface area is 202 Å². The number of hydrogen-bond donors (Lipinski definition) is 1. The van der Waals surface area contributed by atoms with Crippen LogP contribution in [-0.4, -0.2) is 10.1 Å². The molecule has 2 heteroatoms. The molecular formula is C33H21NO. The number of phenols is 1. The second kappa shape index (κ2) is 7.68. The van der Waals surface area contributed by atoms with Gasteiger partial charge < -0.3 is 5.11 Å². The molecule has 1 heterocycles. The van der Waals surface area contributed by atoms with Crippen molar-refractivity contribution >= 4 is 43.2 Å². The van der Waals surface area contributed by atoms with Crippen molar-refractivity contribution in [1.29, 1.82) is 0 Å². The third kappa shape index (κ3) is 3.08. The number of fused-ring (bicyclic) bond motifs is 7. The molecule has 7 rings (SSSR count). The smallest absolute Gasteiger partial charge is 0.123 e. The molecular weight excluding hydrogens is 426 g/mol. The molecule has 0 spiro atoms. The molecule has 0 unspecified atom stereocenters. The molecule has 0 aliphatic rings. The normalized spacial score (nSPS) is 11.5. The fourth-order valence-electron chi connectivity index (χ4n) is 5.31. The minimum atomic E-state index is 0.265. The molecule has 6 aromatic carbocycles. The number of aromatic nitrogens is 1. The Morgan fingerprint density at radius 2 is 1.14 bits per heavy atom. The van der Waals surface area contributed by atoms with Crippen molar-refractivity contribution in [3.63, 3.8) is 0 Å². The number of phenolic OH excluding ortho intramolecular Hbond substituents is 1.